The fourth-order valence-electron chi connectivity index (χ4n) is 2.75. The largest absolute Gasteiger partial charge is 0.458 e. The molecule has 0 unspecified atom stereocenters. The molecule has 1 N–H and O–H groups in total. The highest BCUT2D eigenvalue weighted by Crippen LogP contribution is 2.20. The van der Waals surface area contributed by atoms with Crippen LogP contribution >= 0.6 is 0 Å². The molecule has 0 saturated carbocycles. The molecule has 0 radical (unpaired) electrons. The number of aliphatic hydroxyl groups excluding tert-OH is 1. The highest BCUT2D eigenvalue weighted by molar-refractivity contribution is 5.94. The SMILES string of the molecule is CCCCO[C@H]1COC[C@H](N(C(=O)OC(C)(C)C)C(=O)OC(C)(C)C)C(=O)O[C@@H](C)[C@@H]1O. The maximum atomic E-state index is 12.9. The van der Waals surface area contributed by atoms with Crippen LogP contribution in [0.4, 0.5) is 9.59 Å². The standard InChI is InChI=1S/C22H39NO9/c1-9-10-11-29-16-13-28-12-15(18(25)30-14(2)17(16)24)23(19(26)31-21(3,4)5)20(27)32-22(6,7)8/h14-17,24H,9-13H2,1-8H3/t14-,15-,16-,17-/m0/s1. The minimum atomic E-state index is -1.47. The summed E-state index contributed by atoms with van der Waals surface area (Å²) in [6, 6.07) is -1.47. The first-order chi connectivity index (χ1) is 14.7. The van der Waals surface area contributed by atoms with Crippen LogP contribution in [0.15, 0.2) is 0 Å². The number of carbonyl (C=O) groups is 3. The van der Waals surface area contributed by atoms with Crippen molar-refractivity contribution < 1.29 is 43.2 Å². The summed E-state index contributed by atoms with van der Waals surface area (Å²) in [6.07, 6.45) is -3.27. The predicted molar refractivity (Wildman–Crippen MR) is 115 cm³/mol. The molecule has 10 nitrogen and oxygen atoms in total. The molecule has 1 aliphatic rings. The van der Waals surface area contributed by atoms with Gasteiger partial charge in [0, 0.05) is 6.61 Å². The minimum absolute atomic E-state index is 0.0567. The van der Waals surface area contributed by atoms with E-state index < -0.39 is 53.7 Å². The lowest BCUT2D eigenvalue weighted by atomic mass is 10.1. The number of nitrogens with zero attached hydrogens (tertiary/aromatic N) is 1. The van der Waals surface area contributed by atoms with Gasteiger partial charge in [0.15, 0.2) is 6.04 Å². The summed E-state index contributed by atoms with van der Waals surface area (Å²) < 4.78 is 27.3. The fourth-order valence-corrected chi connectivity index (χ4v) is 2.75. The Kier molecular flexibility index (Phi) is 10.4. The number of amides is 2. The Bertz CT molecular complexity index is 610. The molecular formula is C22H39NO9. The van der Waals surface area contributed by atoms with Gasteiger partial charge in [-0.25, -0.2) is 14.4 Å². The van der Waals surface area contributed by atoms with Crippen molar-refractivity contribution in [3.8, 4) is 0 Å². The summed E-state index contributed by atoms with van der Waals surface area (Å²) in [5.41, 5.74) is -1.86. The zero-order chi connectivity index (χ0) is 24.7. The van der Waals surface area contributed by atoms with Crippen LogP contribution in [0.5, 0.6) is 0 Å². The van der Waals surface area contributed by atoms with Crippen molar-refractivity contribution in [3.63, 3.8) is 0 Å². The Morgan fingerprint density at radius 2 is 1.59 bits per heavy atom. The van der Waals surface area contributed by atoms with Gasteiger partial charge >= 0.3 is 18.2 Å². The maximum Gasteiger partial charge on any atom is 0.420 e. The van der Waals surface area contributed by atoms with E-state index in [4.69, 9.17) is 23.7 Å². The van der Waals surface area contributed by atoms with Crippen molar-refractivity contribution in [1.82, 2.24) is 4.90 Å². The van der Waals surface area contributed by atoms with Gasteiger partial charge in [-0.1, -0.05) is 13.3 Å². The van der Waals surface area contributed by atoms with Crippen molar-refractivity contribution in [1.29, 1.82) is 0 Å². The van der Waals surface area contributed by atoms with Crippen molar-refractivity contribution in [3.05, 3.63) is 0 Å². The molecule has 1 saturated heterocycles. The average Bonchev–Trinajstić information content (AvgIpc) is 2.65. The summed E-state index contributed by atoms with van der Waals surface area (Å²) in [4.78, 5) is 39.2. The molecule has 0 bridgehead atoms. The van der Waals surface area contributed by atoms with E-state index in [2.05, 4.69) is 0 Å². The lowest BCUT2D eigenvalue weighted by Crippen LogP contribution is -2.54. The first-order valence-corrected chi connectivity index (χ1v) is 11.0. The number of hydrogen-bond acceptors (Lipinski definition) is 9. The molecule has 1 heterocycles. The Morgan fingerprint density at radius 1 is 1.06 bits per heavy atom. The maximum absolute atomic E-state index is 12.9. The van der Waals surface area contributed by atoms with Gasteiger partial charge < -0.3 is 28.8 Å². The molecule has 0 aromatic rings. The van der Waals surface area contributed by atoms with Crippen LogP contribution in [-0.2, 0) is 28.5 Å². The fraction of sp³-hybridized carbons (Fsp3) is 0.864. The third kappa shape index (κ3) is 9.30. The molecule has 1 aliphatic heterocycles. The van der Waals surface area contributed by atoms with Gasteiger partial charge in [-0.2, -0.15) is 4.90 Å². The zero-order valence-electron chi connectivity index (χ0n) is 20.5. The van der Waals surface area contributed by atoms with E-state index in [0.29, 0.717) is 11.5 Å². The second-order valence-electron chi connectivity index (χ2n) is 9.78. The van der Waals surface area contributed by atoms with Crippen LogP contribution in [0.3, 0.4) is 0 Å². The molecule has 0 aromatic carbocycles. The van der Waals surface area contributed by atoms with Gasteiger partial charge in [0.2, 0.25) is 0 Å². The lowest BCUT2D eigenvalue weighted by molar-refractivity contribution is -0.163. The van der Waals surface area contributed by atoms with E-state index in [1.807, 2.05) is 6.92 Å². The molecule has 2 amide bonds. The first-order valence-electron chi connectivity index (χ1n) is 11.0. The number of rotatable bonds is 5. The summed E-state index contributed by atoms with van der Waals surface area (Å²) in [6.45, 7) is 13.3. The molecule has 4 atom stereocenters. The van der Waals surface area contributed by atoms with E-state index in [9.17, 15) is 19.5 Å². The number of esters is 1. The third-order valence-electron chi connectivity index (χ3n) is 4.32. The second kappa shape index (κ2) is 11.8. The van der Waals surface area contributed by atoms with Gasteiger partial charge in [-0.15, -0.1) is 0 Å². The minimum Gasteiger partial charge on any atom is -0.458 e. The number of imide groups is 1. The van der Waals surface area contributed by atoms with E-state index in [-0.39, 0.29) is 13.2 Å². The van der Waals surface area contributed by atoms with Gasteiger partial charge in [0.05, 0.1) is 13.2 Å². The van der Waals surface area contributed by atoms with E-state index in [1.54, 1.807) is 41.5 Å². The number of ether oxygens (including phenoxy) is 5. The van der Waals surface area contributed by atoms with Crippen LogP contribution in [0.25, 0.3) is 0 Å². The number of carbonyl (C=O) groups excluding carboxylic acids is 3. The Labute approximate surface area is 190 Å². The molecule has 32 heavy (non-hydrogen) atoms. The molecule has 0 aliphatic carbocycles. The number of unbranched alkanes of at least 4 members (excludes halogenated alkanes) is 1. The highest BCUT2D eigenvalue weighted by Gasteiger charge is 2.43. The predicted octanol–water partition coefficient (Wildman–Crippen LogP) is 3.04. The molecule has 1 rings (SSSR count). The van der Waals surface area contributed by atoms with E-state index >= 15 is 0 Å². The van der Waals surface area contributed by atoms with Gasteiger partial charge in [0.25, 0.3) is 0 Å². The summed E-state index contributed by atoms with van der Waals surface area (Å²) in [5.74, 6) is -0.928. The Balaban J connectivity index is 3.17. The van der Waals surface area contributed by atoms with Crippen LogP contribution in [-0.4, -0.2) is 83.5 Å². The van der Waals surface area contributed by atoms with E-state index in [1.165, 1.54) is 6.92 Å². The molecule has 10 heteroatoms. The zero-order valence-corrected chi connectivity index (χ0v) is 20.5. The van der Waals surface area contributed by atoms with Gasteiger partial charge in [0.1, 0.15) is 29.5 Å². The van der Waals surface area contributed by atoms with Gasteiger partial charge in [-0.3, -0.25) is 0 Å². The number of hydrogen-bond donors (Lipinski definition) is 1. The van der Waals surface area contributed by atoms with Crippen molar-refractivity contribution in [2.24, 2.45) is 0 Å². The average molecular weight is 462 g/mol. The molecular weight excluding hydrogens is 422 g/mol. The highest BCUT2D eigenvalue weighted by atomic mass is 16.6. The molecule has 0 spiro atoms. The smallest absolute Gasteiger partial charge is 0.420 e. The summed E-state index contributed by atoms with van der Waals surface area (Å²) in [5, 5.41) is 10.6. The summed E-state index contributed by atoms with van der Waals surface area (Å²) >= 11 is 0. The Hall–Kier alpha value is -1.91. The van der Waals surface area contributed by atoms with Crippen LogP contribution in [0, 0.1) is 0 Å². The number of cyclic esters (lactones) is 1. The second-order valence-corrected chi connectivity index (χ2v) is 9.78. The van der Waals surface area contributed by atoms with Crippen LogP contribution < -0.4 is 0 Å². The van der Waals surface area contributed by atoms with Gasteiger partial charge in [-0.05, 0) is 54.9 Å². The monoisotopic (exact) mass is 461 g/mol. The topological polar surface area (TPSA) is 121 Å². The van der Waals surface area contributed by atoms with Crippen molar-refractivity contribution in [2.75, 3.05) is 19.8 Å². The molecule has 186 valence electrons. The van der Waals surface area contributed by atoms with Crippen LogP contribution in [0.1, 0.15) is 68.2 Å². The Morgan fingerprint density at radius 3 is 2.06 bits per heavy atom. The first kappa shape index (κ1) is 28.1. The molecule has 0 aromatic heterocycles. The van der Waals surface area contributed by atoms with E-state index in [0.717, 1.165) is 12.8 Å². The van der Waals surface area contributed by atoms with Crippen LogP contribution in [0.2, 0.25) is 0 Å². The quantitative estimate of drug-likeness (QED) is 0.374. The van der Waals surface area contributed by atoms with Crippen molar-refractivity contribution >= 4 is 18.2 Å². The number of aliphatic hydroxyl groups is 1. The molecule has 1 fully saturated rings. The normalized spacial score (nSPS) is 25.1. The third-order valence-corrected chi connectivity index (χ3v) is 4.32. The lowest BCUT2D eigenvalue weighted by Gasteiger charge is -2.32. The summed E-state index contributed by atoms with van der Waals surface area (Å²) in [7, 11) is 0. The van der Waals surface area contributed by atoms with Crippen molar-refractivity contribution in [2.45, 2.75) is 104 Å².